The summed E-state index contributed by atoms with van der Waals surface area (Å²) in [5.41, 5.74) is 5.51. The second-order valence-electron chi connectivity index (χ2n) is 3.22. The lowest BCUT2D eigenvalue weighted by Crippen LogP contribution is -2.31. The Kier molecular flexibility index (Phi) is 3.90. The Bertz CT molecular complexity index is 437. The monoisotopic (exact) mass is 220 g/mol. The van der Waals surface area contributed by atoms with Crippen molar-refractivity contribution in [2.45, 2.75) is 6.92 Å². The fourth-order valence-corrected chi connectivity index (χ4v) is 1.33. The second-order valence-corrected chi connectivity index (χ2v) is 3.22. The molecule has 0 aliphatic heterocycles. The topological polar surface area (TPSA) is 46.3 Å². The van der Waals surface area contributed by atoms with E-state index in [1.807, 2.05) is 0 Å². The Morgan fingerprint density at radius 2 is 2.31 bits per heavy atom. The van der Waals surface area contributed by atoms with Gasteiger partial charge in [0.15, 0.2) is 0 Å². The van der Waals surface area contributed by atoms with Gasteiger partial charge in [-0.3, -0.25) is 4.79 Å². The van der Waals surface area contributed by atoms with E-state index in [0.717, 1.165) is 0 Å². The summed E-state index contributed by atoms with van der Waals surface area (Å²) in [5, 5.41) is 0. The Morgan fingerprint density at radius 1 is 1.62 bits per heavy atom. The van der Waals surface area contributed by atoms with Crippen LogP contribution in [-0.4, -0.2) is 23.9 Å². The Morgan fingerprint density at radius 3 is 2.88 bits per heavy atom. The minimum atomic E-state index is -0.595. The third-order valence-corrected chi connectivity index (χ3v) is 2.23. The molecular formula is C12H13FN2O. The third-order valence-electron chi connectivity index (χ3n) is 2.23. The second kappa shape index (κ2) is 5.17. The number of rotatable bonds is 3. The Balaban J connectivity index is 3.05. The number of terminal acetylenes is 1. The average Bonchev–Trinajstić information content (AvgIpc) is 2.29. The van der Waals surface area contributed by atoms with Gasteiger partial charge in [-0.15, -0.1) is 6.42 Å². The summed E-state index contributed by atoms with van der Waals surface area (Å²) in [6, 6.07) is 4.14. The molecule has 0 saturated carbocycles. The number of halogens is 1. The number of carbonyl (C=O) groups excluding carboxylic acids is 1. The minimum absolute atomic E-state index is 0.136. The van der Waals surface area contributed by atoms with Gasteiger partial charge >= 0.3 is 0 Å². The predicted octanol–water partition coefficient (Wildman–Crippen LogP) is 1.50. The number of amides is 1. The average molecular weight is 220 g/mol. The van der Waals surface area contributed by atoms with Crippen LogP contribution >= 0.6 is 0 Å². The highest BCUT2D eigenvalue weighted by Gasteiger charge is 2.17. The maximum atomic E-state index is 13.2. The standard InChI is InChI=1S/C12H13FN2O/c1-3-8-15(4-2)12(16)9-6-5-7-10(13)11(9)14/h1,5-7H,4,8,14H2,2H3. The van der Waals surface area contributed by atoms with Crippen LogP contribution in [0.1, 0.15) is 17.3 Å². The molecule has 1 rings (SSSR count). The van der Waals surface area contributed by atoms with E-state index in [0.29, 0.717) is 6.54 Å². The zero-order valence-corrected chi connectivity index (χ0v) is 9.03. The van der Waals surface area contributed by atoms with Crippen LogP contribution < -0.4 is 5.73 Å². The summed E-state index contributed by atoms with van der Waals surface area (Å²) in [4.78, 5) is 13.3. The van der Waals surface area contributed by atoms with E-state index >= 15 is 0 Å². The maximum absolute atomic E-state index is 13.2. The minimum Gasteiger partial charge on any atom is -0.396 e. The van der Waals surface area contributed by atoms with Gasteiger partial charge in [-0.05, 0) is 19.1 Å². The van der Waals surface area contributed by atoms with E-state index < -0.39 is 5.82 Å². The fraction of sp³-hybridized carbons (Fsp3) is 0.250. The number of carbonyl (C=O) groups is 1. The molecule has 0 aliphatic carbocycles. The number of para-hydroxylation sites is 1. The Labute approximate surface area is 94.0 Å². The summed E-state index contributed by atoms with van der Waals surface area (Å²) >= 11 is 0. The molecule has 0 heterocycles. The van der Waals surface area contributed by atoms with Crippen LogP contribution in [0.3, 0.4) is 0 Å². The molecule has 0 fully saturated rings. The van der Waals surface area contributed by atoms with Gasteiger partial charge < -0.3 is 10.6 Å². The molecule has 0 radical (unpaired) electrons. The number of anilines is 1. The molecule has 16 heavy (non-hydrogen) atoms. The molecule has 1 aromatic rings. The molecule has 0 aliphatic rings. The van der Waals surface area contributed by atoms with Crippen molar-refractivity contribution in [2.24, 2.45) is 0 Å². The van der Waals surface area contributed by atoms with Gasteiger partial charge in [0.1, 0.15) is 5.82 Å². The Hall–Kier alpha value is -2.02. The van der Waals surface area contributed by atoms with E-state index in [-0.39, 0.29) is 23.7 Å². The molecule has 3 nitrogen and oxygen atoms in total. The smallest absolute Gasteiger partial charge is 0.256 e. The summed E-state index contributed by atoms with van der Waals surface area (Å²) in [6.45, 7) is 2.44. The van der Waals surface area contributed by atoms with Gasteiger partial charge in [-0.2, -0.15) is 0 Å². The van der Waals surface area contributed by atoms with Gasteiger partial charge in [-0.1, -0.05) is 12.0 Å². The first-order valence-electron chi connectivity index (χ1n) is 4.88. The van der Waals surface area contributed by atoms with Crippen LogP contribution in [0.25, 0.3) is 0 Å². The van der Waals surface area contributed by atoms with E-state index in [2.05, 4.69) is 5.92 Å². The zero-order chi connectivity index (χ0) is 12.1. The largest absolute Gasteiger partial charge is 0.396 e. The lowest BCUT2D eigenvalue weighted by molar-refractivity contribution is 0.0785. The van der Waals surface area contributed by atoms with Gasteiger partial charge in [0.05, 0.1) is 17.8 Å². The van der Waals surface area contributed by atoms with Crippen LogP contribution in [-0.2, 0) is 0 Å². The molecular weight excluding hydrogens is 207 g/mol. The summed E-state index contributed by atoms with van der Waals surface area (Å²) in [6.07, 6.45) is 5.14. The zero-order valence-electron chi connectivity index (χ0n) is 9.03. The first kappa shape index (κ1) is 12.1. The van der Waals surface area contributed by atoms with Crippen LogP contribution in [0.2, 0.25) is 0 Å². The van der Waals surface area contributed by atoms with Crippen molar-refractivity contribution in [2.75, 3.05) is 18.8 Å². The number of hydrogen-bond acceptors (Lipinski definition) is 2. The highest BCUT2D eigenvalue weighted by molar-refractivity contribution is 5.99. The number of hydrogen-bond donors (Lipinski definition) is 1. The van der Waals surface area contributed by atoms with E-state index in [1.165, 1.54) is 23.1 Å². The lowest BCUT2D eigenvalue weighted by atomic mass is 10.1. The first-order chi connectivity index (χ1) is 7.61. The van der Waals surface area contributed by atoms with E-state index in [4.69, 9.17) is 12.2 Å². The maximum Gasteiger partial charge on any atom is 0.256 e. The first-order valence-corrected chi connectivity index (χ1v) is 4.88. The molecule has 1 amide bonds. The quantitative estimate of drug-likeness (QED) is 0.620. The molecule has 84 valence electrons. The number of nitrogens with two attached hydrogens (primary N) is 1. The SMILES string of the molecule is C#CCN(CC)C(=O)c1cccc(F)c1N. The number of nitrogen functional groups attached to an aromatic ring is 1. The predicted molar refractivity (Wildman–Crippen MR) is 61.2 cm³/mol. The van der Waals surface area contributed by atoms with Crippen molar-refractivity contribution in [3.05, 3.63) is 29.6 Å². The molecule has 0 saturated heterocycles. The van der Waals surface area contributed by atoms with Crippen LogP contribution in [0.4, 0.5) is 10.1 Å². The van der Waals surface area contributed by atoms with Crippen molar-refractivity contribution in [1.82, 2.24) is 4.90 Å². The summed E-state index contributed by atoms with van der Waals surface area (Å²) in [7, 11) is 0. The molecule has 1 aromatic carbocycles. The van der Waals surface area contributed by atoms with Gasteiger partial charge in [-0.25, -0.2) is 4.39 Å². The molecule has 0 unspecified atom stereocenters. The molecule has 0 aromatic heterocycles. The van der Waals surface area contributed by atoms with Crippen LogP contribution in [0, 0.1) is 18.2 Å². The normalized spacial score (nSPS) is 9.56. The van der Waals surface area contributed by atoms with Gasteiger partial charge in [0.25, 0.3) is 5.91 Å². The molecule has 2 N–H and O–H groups in total. The van der Waals surface area contributed by atoms with Crippen molar-refractivity contribution in [3.8, 4) is 12.3 Å². The van der Waals surface area contributed by atoms with Crippen LogP contribution in [0.15, 0.2) is 18.2 Å². The van der Waals surface area contributed by atoms with E-state index in [1.54, 1.807) is 6.92 Å². The van der Waals surface area contributed by atoms with Gasteiger partial charge in [0, 0.05) is 6.54 Å². The molecule has 0 bridgehead atoms. The highest BCUT2D eigenvalue weighted by Crippen LogP contribution is 2.17. The van der Waals surface area contributed by atoms with Crippen molar-refractivity contribution in [3.63, 3.8) is 0 Å². The summed E-state index contributed by atoms with van der Waals surface area (Å²) < 4.78 is 13.2. The lowest BCUT2D eigenvalue weighted by Gasteiger charge is -2.18. The fourth-order valence-electron chi connectivity index (χ4n) is 1.33. The number of benzene rings is 1. The van der Waals surface area contributed by atoms with Crippen molar-refractivity contribution >= 4 is 11.6 Å². The third kappa shape index (κ3) is 2.31. The summed E-state index contributed by atoms with van der Waals surface area (Å²) in [5.74, 6) is 1.43. The number of nitrogens with zero attached hydrogens (tertiary/aromatic N) is 1. The van der Waals surface area contributed by atoms with Crippen molar-refractivity contribution in [1.29, 1.82) is 0 Å². The van der Waals surface area contributed by atoms with Gasteiger partial charge in [0.2, 0.25) is 0 Å². The van der Waals surface area contributed by atoms with Crippen LogP contribution in [0.5, 0.6) is 0 Å². The molecule has 0 spiro atoms. The molecule has 0 atom stereocenters. The molecule has 4 heteroatoms. The van der Waals surface area contributed by atoms with Crippen molar-refractivity contribution < 1.29 is 9.18 Å². The highest BCUT2D eigenvalue weighted by atomic mass is 19.1. The van der Waals surface area contributed by atoms with E-state index in [9.17, 15) is 9.18 Å².